The molecule has 7 rings (SSSR count). The molecule has 16 heteroatoms. The molecule has 6 aromatic rings. The Balaban J connectivity index is 0.000000157. The molecule has 262 valence electrons. The molecule has 0 spiro atoms. The average Bonchev–Trinajstić information content (AvgIpc) is 3.59. The Morgan fingerprint density at radius 3 is 1.76 bits per heavy atom. The Bertz CT molecular complexity index is 2280. The summed E-state index contributed by atoms with van der Waals surface area (Å²) in [7, 11) is 2.31. The second-order valence-electron chi connectivity index (χ2n) is 12.5. The van der Waals surface area contributed by atoms with Gasteiger partial charge in [-0.25, -0.2) is 18.4 Å². The van der Waals surface area contributed by atoms with E-state index >= 15 is 0 Å². The predicted molar refractivity (Wildman–Crippen MR) is 186 cm³/mol. The number of nitrogens with zero attached hydrogens (tertiary/aromatic N) is 4. The monoisotopic (exact) mass is 754 g/mol. The fourth-order valence-electron chi connectivity index (χ4n) is 4.95. The zero-order valence-electron chi connectivity index (χ0n) is 28.0. The van der Waals surface area contributed by atoms with Gasteiger partial charge in [0.25, 0.3) is 0 Å². The normalized spacial score (nSPS) is 14.7. The van der Waals surface area contributed by atoms with Gasteiger partial charge in [0.15, 0.2) is 11.2 Å². The molecule has 1 saturated heterocycles. The number of aromatic nitrogens is 4. The van der Waals surface area contributed by atoms with Gasteiger partial charge in [0.05, 0.1) is 35.4 Å². The molecule has 0 saturated carbocycles. The topological polar surface area (TPSA) is 155 Å². The molecule has 1 fully saturated rings. The number of aryl methyl sites for hydroxylation is 2. The van der Waals surface area contributed by atoms with E-state index in [0.717, 1.165) is 10.0 Å². The van der Waals surface area contributed by atoms with Crippen molar-refractivity contribution in [1.29, 1.82) is 0 Å². The summed E-state index contributed by atoms with van der Waals surface area (Å²) in [5.41, 5.74) is 2.81. The summed E-state index contributed by atoms with van der Waals surface area (Å²) in [6.07, 6.45) is 6.32. The van der Waals surface area contributed by atoms with Crippen molar-refractivity contribution < 1.29 is 37.1 Å². The highest BCUT2D eigenvalue weighted by Crippen LogP contribution is 2.37. The molecule has 0 unspecified atom stereocenters. The van der Waals surface area contributed by atoms with Crippen LogP contribution in [0.1, 0.15) is 38.8 Å². The highest BCUT2D eigenvalue weighted by molar-refractivity contribution is 9.10. The number of oxazole rings is 2. The lowest BCUT2D eigenvalue weighted by Gasteiger charge is -2.32. The van der Waals surface area contributed by atoms with Gasteiger partial charge in [-0.2, -0.15) is 0 Å². The second-order valence-corrected chi connectivity index (χ2v) is 13.4. The van der Waals surface area contributed by atoms with Gasteiger partial charge < -0.3 is 28.4 Å². The molecule has 5 heterocycles. The summed E-state index contributed by atoms with van der Waals surface area (Å²) in [6.45, 7) is 7.48. The van der Waals surface area contributed by atoms with Gasteiger partial charge in [-0.15, -0.1) is 0 Å². The number of halogens is 3. The van der Waals surface area contributed by atoms with Gasteiger partial charge in [0, 0.05) is 72.1 Å². The second kappa shape index (κ2) is 14.4. The van der Waals surface area contributed by atoms with E-state index in [1.165, 1.54) is 45.8 Å². The van der Waals surface area contributed by atoms with Crippen molar-refractivity contribution in [2.24, 2.45) is 14.1 Å². The number of aliphatic hydroxyl groups is 2. The molecular formula is C34H34BBrF2N4O8. The van der Waals surface area contributed by atoms with Gasteiger partial charge in [0.1, 0.15) is 11.6 Å². The first-order valence-corrected chi connectivity index (χ1v) is 16.0. The standard InChI is InChI=1S/C14H17BFNO4.C14H11FN2O3.C6H6BrNO/c1-13(2)14(3,4)21-15(20-13)8-6-10-11(7-9(8)16)19-12(18)17(10)5;1-17-12-3-10(9-2-8(7-18)5-16-6-9)11(15)4-13(12)20-14(17)19;7-6-1-5(4-9)2-8-3-6/h6-7H,1-5H3;2-6,18H,7H2,1H3;1-3,9H,4H2. The molecule has 12 nitrogen and oxygen atoms in total. The van der Waals surface area contributed by atoms with Gasteiger partial charge in [0.2, 0.25) is 0 Å². The molecule has 0 bridgehead atoms. The van der Waals surface area contributed by atoms with Crippen LogP contribution in [0.2, 0.25) is 0 Å². The first kappa shape index (κ1) is 36.8. The van der Waals surface area contributed by atoms with Crippen LogP contribution in [0.5, 0.6) is 0 Å². The van der Waals surface area contributed by atoms with Gasteiger partial charge in [-0.3, -0.25) is 19.1 Å². The van der Waals surface area contributed by atoms with Crippen LogP contribution in [0, 0.1) is 11.6 Å². The third-order valence-corrected chi connectivity index (χ3v) is 8.97. The SMILES string of the molecule is Cn1c(=O)oc2cc(F)c(-c3cncc(CO)c3)cc21.Cn1c(=O)oc2cc(F)c(B3OC(C)(C)C(C)(C)O3)cc21.OCc1cncc(Br)c1. The number of pyridine rings is 2. The number of hydrogen-bond donors (Lipinski definition) is 2. The van der Waals surface area contributed by atoms with Crippen LogP contribution in [0.25, 0.3) is 33.3 Å². The molecule has 2 aromatic carbocycles. The minimum absolute atomic E-state index is 0.0481. The maximum absolute atomic E-state index is 14.3. The highest BCUT2D eigenvalue weighted by atomic mass is 79.9. The number of benzene rings is 2. The molecule has 4 aromatic heterocycles. The van der Waals surface area contributed by atoms with Crippen LogP contribution in [0.15, 0.2) is 84.1 Å². The zero-order chi connectivity index (χ0) is 36.5. The van der Waals surface area contributed by atoms with E-state index in [2.05, 4.69) is 25.9 Å². The molecule has 0 aliphatic carbocycles. The van der Waals surface area contributed by atoms with Crippen molar-refractivity contribution in [1.82, 2.24) is 19.1 Å². The first-order chi connectivity index (χ1) is 23.5. The third-order valence-electron chi connectivity index (χ3n) is 8.53. The average molecular weight is 755 g/mol. The van der Waals surface area contributed by atoms with Crippen molar-refractivity contribution in [3.8, 4) is 11.1 Å². The smallest absolute Gasteiger partial charge is 0.408 e. The fourth-order valence-corrected chi connectivity index (χ4v) is 5.36. The first-order valence-electron chi connectivity index (χ1n) is 15.2. The summed E-state index contributed by atoms with van der Waals surface area (Å²) in [4.78, 5) is 30.7. The third kappa shape index (κ3) is 7.49. The number of aliphatic hydroxyl groups excluding tert-OH is 2. The predicted octanol–water partition coefficient (Wildman–Crippen LogP) is 4.73. The molecule has 0 atom stereocenters. The van der Waals surface area contributed by atoms with Crippen LogP contribution in [0.3, 0.4) is 0 Å². The maximum atomic E-state index is 14.3. The molecule has 1 aliphatic rings. The van der Waals surface area contributed by atoms with E-state index in [1.54, 1.807) is 32.6 Å². The minimum Gasteiger partial charge on any atom is -0.408 e. The van der Waals surface area contributed by atoms with Crippen LogP contribution >= 0.6 is 15.9 Å². The zero-order valence-corrected chi connectivity index (χ0v) is 29.6. The number of rotatable bonds is 4. The van der Waals surface area contributed by atoms with Crippen molar-refractivity contribution in [2.75, 3.05) is 0 Å². The summed E-state index contributed by atoms with van der Waals surface area (Å²) in [6, 6.07) is 8.92. The van der Waals surface area contributed by atoms with Crippen LogP contribution in [-0.2, 0) is 36.6 Å². The molecular weight excluding hydrogens is 721 g/mol. The minimum atomic E-state index is -0.815. The fraction of sp³-hybridized carbons (Fsp3) is 0.294. The highest BCUT2D eigenvalue weighted by Gasteiger charge is 2.52. The van der Waals surface area contributed by atoms with E-state index in [0.29, 0.717) is 27.7 Å². The Morgan fingerprint density at radius 2 is 1.24 bits per heavy atom. The molecule has 0 radical (unpaired) electrons. The Hall–Kier alpha value is -4.48. The maximum Gasteiger partial charge on any atom is 0.497 e. The Labute approximate surface area is 293 Å². The van der Waals surface area contributed by atoms with Gasteiger partial charge in [-0.05, 0) is 79.0 Å². The van der Waals surface area contributed by atoms with E-state index in [4.69, 9.17) is 28.4 Å². The van der Waals surface area contributed by atoms with Crippen molar-refractivity contribution in [3.63, 3.8) is 0 Å². The molecule has 0 amide bonds. The van der Waals surface area contributed by atoms with Crippen molar-refractivity contribution in [2.45, 2.75) is 52.1 Å². The Morgan fingerprint density at radius 1 is 0.740 bits per heavy atom. The Kier molecular flexibility index (Phi) is 10.6. The van der Waals surface area contributed by atoms with Crippen LogP contribution in [-0.4, -0.2) is 47.6 Å². The van der Waals surface area contributed by atoms with Crippen molar-refractivity contribution in [3.05, 3.63) is 110 Å². The lowest BCUT2D eigenvalue weighted by Crippen LogP contribution is -2.41. The lowest BCUT2D eigenvalue weighted by atomic mass is 9.78. The lowest BCUT2D eigenvalue weighted by molar-refractivity contribution is 0.00578. The summed E-state index contributed by atoms with van der Waals surface area (Å²) >= 11 is 3.23. The number of fused-ring (bicyclic) bond motifs is 2. The summed E-state index contributed by atoms with van der Waals surface area (Å²) in [5, 5.41) is 17.7. The van der Waals surface area contributed by atoms with E-state index < -0.39 is 41.5 Å². The summed E-state index contributed by atoms with van der Waals surface area (Å²) < 4.78 is 53.5. The number of hydrogen-bond acceptors (Lipinski definition) is 10. The van der Waals surface area contributed by atoms with E-state index in [-0.39, 0.29) is 29.8 Å². The molecule has 2 N–H and O–H groups in total. The largest absolute Gasteiger partial charge is 0.497 e. The summed E-state index contributed by atoms with van der Waals surface area (Å²) in [5.74, 6) is -2.10. The van der Waals surface area contributed by atoms with Gasteiger partial charge >= 0.3 is 18.6 Å². The van der Waals surface area contributed by atoms with Crippen molar-refractivity contribution >= 4 is 50.7 Å². The van der Waals surface area contributed by atoms with E-state index in [9.17, 15) is 18.4 Å². The quantitative estimate of drug-likeness (QED) is 0.242. The molecule has 1 aliphatic heterocycles. The van der Waals surface area contributed by atoms with Gasteiger partial charge in [-0.1, -0.05) is 0 Å². The van der Waals surface area contributed by atoms with E-state index in [1.807, 2.05) is 33.8 Å². The van der Waals surface area contributed by atoms with Crippen LogP contribution in [0.4, 0.5) is 8.78 Å². The van der Waals surface area contributed by atoms with Crippen LogP contribution < -0.4 is 17.0 Å². The molecule has 50 heavy (non-hydrogen) atoms.